The fourth-order valence-electron chi connectivity index (χ4n) is 4.00. The van der Waals surface area contributed by atoms with Crippen LogP contribution in [0.25, 0.3) is 0 Å². The summed E-state index contributed by atoms with van der Waals surface area (Å²) in [5.74, 6) is 2.35. The molecular formula is C29H29NO4. The summed E-state index contributed by atoms with van der Waals surface area (Å²) in [6.45, 7) is 0.408. The van der Waals surface area contributed by atoms with E-state index in [4.69, 9.17) is 19.0 Å². The molecule has 0 radical (unpaired) electrons. The van der Waals surface area contributed by atoms with Crippen LogP contribution in [0.2, 0.25) is 0 Å². The molecule has 0 heterocycles. The van der Waals surface area contributed by atoms with Crippen molar-refractivity contribution in [2.24, 2.45) is 0 Å². The number of benzene rings is 4. The predicted octanol–water partition coefficient (Wildman–Crippen LogP) is 5.73. The molecule has 174 valence electrons. The van der Waals surface area contributed by atoms with Crippen molar-refractivity contribution in [2.45, 2.75) is 12.1 Å². The van der Waals surface area contributed by atoms with Crippen LogP contribution in [-0.2, 0) is 17.0 Å². The summed E-state index contributed by atoms with van der Waals surface area (Å²) in [6, 6.07) is 34.1. The third-order valence-corrected chi connectivity index (χ3v) is 5.88. The first kappa shape index (κ1) is 23.4. The lowest BCUT2D eigenvalue weighted by Gasteiger charge is -2.36. The van der Waals surface area contributed by atoms with Gasteiger partial charge in [0.05, 0.1) is 27.9 Å². The van der Waals surface area contributed by atoms with Gasteiger partial charge in [0.15, 0.2) is 0 Å². The van der Waals surface area contributed by atoms with Crippen molar-refractivity contribution < 1.29 is 19.0 Å². The van der Waals surface area contributed by atoms with Crippen molar-refractivity contribution in [1.82, 2.24) is 5.48 Å². The maximum Gasteiger partial charge on any atom is 0.118 e. The summed E-state index contributed by atoms with van der Waals surface area (Å²) in [5, 5.41) is 0. The van der Waals surface area contributed by atoms with Crippen LogP contribution >= 0.6 is 0 Å². The number of methoxy groups -OCH3 is 3. The van der Waals surface area contributed by atoms with E-state index in [1.165, 1.54) is 0 Å². The SMILES string of the molecule is COc1ccc(C(NOCc2ccccc2)(c2ccc(OC)cc2)c2ccc(OC)cc2)cc1. The molecule has 0 aliphatic rings. The Morgan fingerprint density at radius 1 is 0.529 bits per heavy atom. The number of ether oxygens (including phenoxy) is 3. The largest absolute Gasteiger partial charge is 0.497 e. The van der Waals surface area contributed by atoms with E-state index in [0.717, 1.165) is 39.5 Å². The summed E-state index contributed by atoms with van der Waals surface area (Å²) < 4.78 is 16.2. The van der Waals surface area contributed by atoms with Gasteiger partial charge in [-0.3, -0.25) is 4.84 Å². The third kappa shape index (κ3) is 4.91. The van der Waals surface area contributed by atoms with Gasteiger partial charge in [0.25, 0.3) is 0 Å². The van der Waals surface area contributed by atoms with Gasteiger partial charge in [0, 0.05) is 0 Å². The molecule has 0 spiro atoms. The smallest absolute Gasteiger partial charge is 0.118 e. The molecule has 0 atom stereocenters. The van der Waals surface area contributed by atoms with Crippen LogP contribution in [0, 0.1) is 0 Å². The molecule has 0 aromatic heterocycles. The van der Waals surface area contributed by atoms with E-state index in [0.29, 0.717) is 6.61 Å². The van der Waals surface area contributed by atoms with Crippen molar-refractivity contribution in [3.63, 3.8) is 0 Å². The van der Waals surface area contributed by atoms with Gasteiger partial charge in [-0.15, -0.1) is 0 Å². The Morgan fingerprint density at radius 3 is 1.26 bits per heavy atom. The van der Waals surface area contributed by atoms with Gasteiger partial charge in [-0.2, -0.15) is 5.48 Å². The van der Waals surface area contributed by atoms with Crippen molar-refractivity contribution in [1.29, 1.82) is 0 Å². The highest BCUT2D eigenvalue weighted by Gasteiger charge is 2.37. The second kappa shape index (κ2) is 10.9. The lowest BCUT2D eigenvalue weighted by Crippen LogP contribution is -2.44. The zero-order chi connectivity index (χ0) is 23.8. The first-order valence-corrected chi connectivity index (χ1v) is 11.1. The molecular weight excluding hydrogens is 426 g/mol. The van der Waals surface area contributed by atoms with Gasteiger partial charge in [0.2, 0.25) is 0 Å². The summed E-state index contributed by atoms with van der Waals surface area (Å²) in [6.07, 6.45) is 0. The van der Waals surface area contributed by atoms with E-state index in [-0.39, 0.29) is 0 Å². The molecule has 1 N–H and O–H groups in total. The molecule has 34 heavy (non-hydrogen) atoms. The molecule has 4 aromatic rings. The third-order valence-electron chi connectivity index (χ3n) is 5.88. The molecule has 5 heteroatoms. The summed E-state index contributed by atoms with van der Waals surface area (Å²) >= 11 is 0. The van der Waals surface area contributed by atoms with Crippen molar-refractivity contribution in [3.8, 4) is 17.2 Å². The Balaban J connectivity index is 1.84. The van der Waals surface area contributed by atoms with Gasteiger partial charge in [-0.05, 0) is 58.7 Å². The number of hydrogen-bond donors (Lipinski definition) is 1. The van der Waals surface area contributed by atoms with E-state index >= 15 is 0 Å². The molecule has 0 aliphatic carbocycles. The number of rotatable bonds is 10. The Bertz CT molecular complexity index is 1040. The van der Waals surface area contributed by atoms with Crippen LogP contribution in [0.4, 0.5) is 0 Å². The Hall–Kier alpha value is -3.80. The molecule has 5 nitrogen and oxygen atoms in total. The van der Waals surface area contributed by atoms with Crippen LogP contribution in [0.5, 0.6) is 17.2 Å². The quantitative estimate of drug-likeness (QED) is 0.245. The Kier molecular flexibility index (Phi) is 7.48. The van der Waals surface area contributed by atoms with Crippen molar-refractivity contribution in [2.75, 3.05) is 21.3 Å². The predicted molar refractivity (Wildman–Crippen MR) is 133 cm³/mol. The van der Waals surface area contributed by atoms with Crippen LogP contribution in [0.15, 0.2) is 103 Å². The van der Waals surface area contributed by atoms with E-state index in [1.807, 2.05) is 103 Å². The molecule has 0 bridgehead atoms. The maximum atomic E-state index is 6.17. The van der Waals surface area contributed by atoms with Crippen molar-refractivity contribution >= 4 is 0 Å². The normalized spacial score (nSPS) is 11.1. The molecule has 4 rings (SSSR count). The minimum absolute atomic E-state index is 0.408. The molecule has 0 unspecified atom stereocenters. The Morgan fingerprint density at radius 2 is 0.912 bits per heavy atom. The fraction of sp³-hybridized carbons (Fsp3) is 0.172. The fourth-order valence-corrected chi connectivity index (χ4v) is 4.00. The van der Waals surface area contributed by atoms with Crippen LogP contribution in [-0.4, -0.2) is 21.3 Å². The molecule has 0 aliphatic heterocycles. The van der Waals surface area contributed by atoms with Crippen LogP contribution in [0.3, 0.4) is 0 Å². The zero-order valence-corrected chi connectivity index (χ0v) is 19.7. The van der Waals surface area contributed by atoms with Gasteiger partial charge >= 0.3 is 0 Å². The highest BCUT2D eigenvalue weighted by atomic mass is 16.6. The summed E-state index contributed by atoms with van der Waals surface area (Å²) in [4.78, 5) is 6.17. The van der Waals surface area contributed by atoms with Gasteiger partial charge in [-0.1, -0.05) is 66.7 Å². The van der Waals surface area contributed by atoms with Crippen LogP contribution < -0.4 is 19.7 Å². The second-order valence-electron chi connectivity index (χ2n) is 7.81. The van der Waals surface area contributed by atoms with E-state index in [2.05, 4.69) is 5.48 Å². The minimum Gasteiger partial charge on any atom is -0.497 e. The van der Waals surface area contributed by atoms with Gasteiger partial charge in [0.1, 0.15) is 22.8 Å². The number of nitrogens with one attached hydrogen (secondary N) is 1. The van der Waals surface area contributed by atoms with E-state index < -0.39 is 5.54 Å². The molecule has 0 fully saturated rings. The Labute approximate surface area is 200 Å². The topological polar surface area (TPSA) is 49.0 Å². The maximum absolute atomic E-state index is 6.17. The van der Waals surface area contributed by atoms with Gasteiger partial charge < -0.3 is 14.2 Å². The van der Waals surface area contributed by atoms with Crippen molar-refractivity contribution in [3.05, 3.63) is 125 Å². The first-order valence-electron chi connectivity index (χ1n) is 11.1. The average molecular weight is 456 g/mol. The van der Waals surface area contributed by atoms with E-state index in [9.17, 15) is 0 Å². The number of hydrogen-bond acceptors (Lipinski definition) is 5. The highest BCUT2D eigenvalue weighted by molar-refractivity contribution is 5.52. The molecule has 4 aromatic carbocycles. The lowest BCUT2D eigenvalue weighted by atomic mass is 9.77. The average Bonchev–Trinajstić information content (AvgIpc) is 2.92. The van der Waals surface area contributed by atoms with Crippen LogP contribution in [0.1, 0.15) is 22.3 Å². The monoisotopic (exact) mass is 455 g/mol. The minimum atomic E-state index is -0.806. The molecule has 0 saturated carbocycles. The summed E-state index contributed by atoms with van der Waals surface area (Å²) in [7, 11) is 4.99. The zero-order valence-electron chi connectivity index (χ0n) is 19.7. The standard InChI is InChI=1S/C29H29NO4/c1-31-26-15-9-23(10-16-26)29(24-11-17-27(32-2)18-12-24,25-13-19-28(33-3)20-14-25)30-34-21-22-7-5-4-6-8-22/h4-20,30H,21H2,1-3H3. The van der Waals surface area contributed by atoms with Gasteiger partial charge in [-0.25, -0.2) is 0 Å². The first-order chi connectivity index (χ1) is 16.7. The highest BCUT2D eigenvalue weighted by Crippen LogP contribution is 2.39. The summed E-state index contributed by atoms with van der Waals surface area (Å²) in [5.41, 5.74) is 6.68. The molecule has 0 amide bonds. The second-order valence-corrected chi connectivity index (χ2v) is 7.81. The molecule has 0 saturated heterocycles. The van der Waals surface area contributed by atoms with E-state index in [1.54, 1.807) is 21.3 Å². The number of hydroxylamine groups is 1. The lowest BCUT2D eigenvalue weighted by molar-refractivity contribution is -0.0115.